The zero-order valence-electron chi connectivity index (χ0n) is 4.36. The third-order valence-electron chi connectivity index (χ3n) is 0. The summed E-state index contributed by atoms with van der Waals surface area (Å²) in [5, 5.41) is 0. The van der Waals surface area contributed by atoms with Gasteiger partial charge in [-0.3, -0.25) is 9.13 Å². The van der Waals surface area contributed by atoms with Crippen molar-refractivity contribution < 1.29 is 52.2 Å². The van der Waals surface area contributed by atoms with Crippen molar-refractivity contribution in [2.24, 2.45) is 0 Å². The van der Waals surface area contributed by atoms with Gasteiger partial charge in [0.25, 0.3) is 0 Å². The first kappa shape index (κ1) is 17.6. The summed E-state index contributed by atoms with van der Waals surface area (Å²) in [6.45, 7) is 0. The summed E-state index contributed by atoms with van der Waals surface area (Å²) >= 11 is 0. The molecule has 0 aliphatic heterocycles. The molecule has 0 unspecified atom stereocenters. The van der Waals surface area contributed by atoms with Crippen molar-refractivity contribution in [3.63, 3.8) is 0 Å². The first-order valence-electron chi connectivity index (χ1n) is 1.41. The average Bonchev–Trinajstić information content (AvgIpc) is 1.12. The van der Waals surface area contributed by atoms with Gasteiger partial charge in [-0.2, -0.15) is 16.8 Å². The monoisotopic (exact) mass is 260 g/mol. The van der Waals surface area contributed by atoms with E-state index in [1.54, 1.807) is 0 Å². The van der Waals surface area contributed by atoms with E-state index in [1.807, 2.05) is 0 Å². The van der Waals surface area contributed by atoms with E-state index in [0.29, 0.717) is 0 Å². The zero-order chi connectivity index (χ0) is 9.00. The van der Waals surface area contributed by atoms with E-state index in [0.717, 1.165) is 0 Å². The molecule has 0 aliphatic carbocycles. The summed E-state index contributed by atoms with van der Waals surface area (Å²) < 4.78 is 56.7. The molecule has 0 rings (SSSR count). The minimum atomic E-state index is -5.89. The normalized spacial score (nSPS) is 10.7. The van der Waals surface area contributed by atoms with E-state index < -0.39 is 16.0 Å². The largest absolute Gasteiger partial charge is 2.00 e. The van der Waals surface area contributed by atoms with E-state index in [4.69, 9.17) is 18.9 Å². The molecule has 0 fully saturated rings. The van der Waals surface area contributed by atoms with Gasteiger partial charge < -0.3 is 9.79 Å². The van der Waals surface area contributed by atoms with Gasteiger partial charge in [0.2, 0.25) is 0 Å². The molecule has 0 saturated carbocycles. The van der Waals surface area contributed by atoms with Crippen LogP contribution >= 0.6 is 16.0 Å². The van der Waals surface area contributed by atoms with Crippen molar-refractivity contribution in [3.05, 3.63) is 0 Å². The molecule has 0 radical (unpaired) electrons. The van der Waals surface area contributed by atoms with Gasteiger partial charge >= 0.3 is 32.5 Å². The van der Waals surface area contributed by atoms with Gasteiger partial charge in [-0.1, -0.05) is 0 Å². The van der Waals surface area contributed by atoms with Crippen LogP contribution in [0.25, 0.3) is 0 Å². The van der Waals surface area contributed by atoms with E-state index in [1.165, 1.54) is 0 Å². The number of halogens is 4. The summed E-state index contributed by atoms with van der Waals surface area (Å²) in [7, 11) is -11.8. The van der Waals surface area contributed by atoms with Crippen LogP contribution in [0.3, 0.4) is 0 Å². The van der Waals surface area contributed by atoms with Gasteiger partial charge in [0, 0.05) is 0 Å². The topological polar surface area (TPSA) is 80.3 Å². The van der Waals surface area contributed by atoms with Gasteiger partial charge in [0.05, 0.1) is 0 Å². The maximum Gasteiger partial charge on any atom is 2.00 e. The first-order valence-corrected chi connectivity index (χ1v) is 4.22. The molecule has 0 bridgehead atoms. The molecular formula is F4NiO4P2. The number of hydrogen-bond acceptors (Lipinski definition) is 4. The molecule has 0 amide bonds. The van der Waals surface area contributed by atoms with Gasteiger partial charge in [0.1, 0.15) is 0 Å². The molecule has 72 valence electrons. The van der Waals surface area contributed by atoms with E-state index in [2.05, 4.69) is 0 Å². The van der Waals surface area contributed by atoms with Crippen LogP contribution in [0.1, 0.15) is 0 Å². The van der Waals surface area contributed by atoms with Crippen LogP contribution in [0.2, 0.25) is 0 Å². The summed E-state index contributed by atoms with van der Waals surface area (Å²) in [4.78, 5) is 16.7. The molecule has 0 aromatic heterocycles. The van der Waals surface area contributed by atoms with Crippen molar-refractivity contribution in [1.29, 1.82) is 0 Å². The van der Waals surface area contributed by atoms with Crippen LogP contribution in [0.4, 0.5) is 16.8 Å². The molecule has 0 spiro atoms. The molecule has 0 atom stereocenters. The molecule has 0 heterocycles. The summed E-state index contributed by atoms with van der Waals surface area (Å²) in [6, 6.07) is 0. The Bertz CT molecular complexity index is 132. The fourth-order valence-corrected chi connectivity index (χ4v) is 0. The molecule has 11 heavy (non-hydrogen) atoms. The van der Waals surface area contributed by atoms with Crippen LogP contribution in [-0.4, -0.2) is 0 Å². The second kappa shape index (κ2) is 6.15. The van der Waals surface area contributed by atoms with Gasteiger partial charge in [-0.25, -0.2) is 0 Å². The van der Waals surface area contributed by atoms with Gasteiger partial charge in [-0.05, 0) is 0 Å². The number of hydrogen-bond donors (Lipinski definition) is 0. The predicted octanol–water partition coefficient (Wildman–Crippen LogP) is 0.785. The smallest absolute Gasteiger partial charge is 0.749 e. The Morgan fingerprint density at radius 1 is 0.818 bits per heavy atom. The standard InChI is InChI=1S/2F2HO2P.Ni/c2*1-5(2,3)4;/h2*(H,3,4);/q;;+2/p-2. The minimum absolute atomic E-state index is 0. The average molecular weight is 261 g/mol. The second-order valence-corrected chi connectivity index (χ2v) is 2.49. The fourth-order valence-electron chi connectivity index (χ4n) is 0. The van der Waals surface area contributed by atoms with Crippen LogP contribution in [0, 0.1) is 0 Å². The van der Waals surface area contributed by atoms with Gasteiger partial charge in [-0.15, -0.1) is 0 Å². The Morgan fingerprint density at radius 2 is 0.818 bits per heavy atom. The van der Waals surface area contributed by atoms with Crippen LogP contribution in [0.15, 0.2) is 0 Å². The van der Waals surface area contributed by atoms with Crippen molar-refractivity contribution >= 4 is 16.0 Å². The van der Waals surface area contributed by atoms with E-state index in [-0.39, 0.29) is 16.5 Å². The predicted molar refractivity (Wildman–Crippen MR) is 19.6 cm³/mol. The van der Waals surface area contributed by atoms with Crippen molar-refractivity contribution in [1.82, 2.24) is 0 Å². The van der Waals surface area contributed by atoms with E-state index in [9.17, 15) is 16.8 Å². The first-order chi connectivity index (χ1) is 4.00. The Balaban J connectivity index is -0.000000107. The summed E-state index contributed by atoms with van der Waals surface area (Å²) in [5.74, 6) is 0. The number of rotatable bonds is 0. The van der Waals surface area contributed by atoms with Crippen molar-refractivity contribution in [2.75, 3.05) is 0 Å². The minimum Gasteiger partial charge on any atom is -0.749 e. The molecule has 0 saturated heterocycles. The van der Waals surface area contributed by atoms with Crippen molar-refractivity contribution in [2.45, 2.75) is 0 Å². The Morgan fingerprint density at radius 3 is 0.818 bits per heavy atom. The third kappa shape index (κ3) is 2220. The molecule has 0 aromatic rings. The quantitative estimate of drug-likeness (QED) is 0.366. The molecule has 0 aromatic carbocycles. The molecule has 0 N–H and O–H groups in total. The van der Waals surface area contributed by atoms with Crippen LogP contribution < -0.4 is 9.79 Å². The van der Waals surface area contributed by atoms with Gasteiger partial charge in [0.15, 0.2) is 0 Å². The summed E-state index contributed by atoms with van der Waals surface area (Å²) in [6.07, 6.45) is 0. The summed E-state index contributed by atoms with van der Waals surface area (Å²) in [5.41, 5.74) is 0. The van der Waals surface area contributed by atoms with Crippen LogP contribution in [-0.2, 0) is 25.6 Å². The Labute approximate surface area is 68.9 Å². The zero-order valence-corrected chi connectivity index (χ0v) is 7.13. The Hall–Kier alpha value is 0.594. The molecule has 4 nitrogen and oxygen atoms in total. The maximum atomic E-state index is 10.0. The SMILES string of the molecule is O=P([O-])(F)F.O=P([O-])(F)F.[Ni+2]. The molecule has 11 heteroatoms. The third-order valence-corrected chi connectivity index (χ3v) is 0. The van der Waals surface area contributed by atoms with E-state index >= 15 is 0 Å². The fraction of sp³-hybridized carbons (Fsp3) is 0. The molecular weight excluding hydrogens is 261 g/mol. The molecule has 0 aliphatic rings. The Kier molecular flexibility index (Phi) is 9.85. The van der Waals surface area contributed by atoms with Crippen LogP contribution in [0.5, 0.6) is 0 Å². The van der Waals surface area contributed by atoms with Crippen molar-refractivity contribution in [3.8, 4) is 0 Å². The second-order valence-electron chi connectivity index (χ2n) is 0.829. The maximum absolute atomic E-state index is 10.0.